The Morgan fingerprint density at radius 1 is 1.17 bits per heavy atom. The summed E-state index contributed by atoms with van der Waals surface area (Å²) in [5.74, 6) is 2.17. The van der Waals surface area contributed by atoms with Gasteiger partial charge in [0.15, 0.2) is 0 Å². The largest absolute Gasteiger partial charge is 0.343 e. The highest BCUT2D eigenvalue weighted by Gasteiger charge is 2.49. The van der Waals surface area contributed by atoms with Gasteiger partial charge in [-0.3, -0.25) is 9.47 Å². The molecule has 0 radical (unpaired) electrons. The van der Waals surface area contributed by atoms with Gasteiger partial charge in [-0.2, -0.15) is 4.98 Å². The minimum absolute atomic E-state index is 0.0237. The number of carbonyl (C=O) groups excluding carboxylic acids is 1. The van der Waals surface area contributed by atoms with E-state index in [9.17, 15) is 4.79 Å². The number of aromatic nitrogens is 4. The van der Waals surface area contributed by atoms with Gasteiger partial charge in [-0.1, -0.05) is 26.0 Å². The first-order chi connectivity index (χ1) is 16.9. The lowest BCUT2D eigenvalue weighted by Crippen LogP contribution is -2.38. The Kier molecular flexibility index (Phi) is 5.36. The number of benzene rings is 1. The SMILES string of the molecule is CC(C)[C@H]1CN(C)C(=O)N1c1ccnc(NC2(c3ncn(-c4cccc(C5CC5)c4)c3Br)CC2)n1. The van der Waals surface area contributed by atoms with Gasteiger partial charge < -0.3 is 10.2 Å². The fourth-order valence-electron chi connectivity index (χ4n) is 5.03. The molecule has 6 rings (SSSR count). The number of amides is 2. The maximum atomic E-state index is 12.9. The smallest absolute Gasteiger partial charge is 0.325 e. The highest BCUT2D eigenvalue weighted by atomic mass is 79.9. The van der Waals surface area contributed by atoms with Gasteiger partial charge in [0, 0.05) is 25.5 Å². The molecule has 1 N–H and O–H groups in total. The van der Waals surface area contributed by atoms with Crippen molar-refractivity contribution in [2.45, 2.75) is 57.0 Å². The molecule has 3 aromatic rings. The Bertz CT molecular complexity index is 1280. The molecule has 2 amide bonds. The number of halogens is 1. The van der Waals surface area contributed by atoms with Crippen LogP contribution in [0.4, 0.5) is 16.6 Å². The molecule has 1 atom stereocenters. The van der Waals surface area contributed by atoms with Gasteiger partial charge in [-0.25, -0.2) is 14.8 Å². The maximum Gasteiger partial charge on any atom is 0.325 e. The lowest BCUT2D eigenvalue weighted by molar-refractivity contribution is 0.229. The van der Waals surface area contributed by atoms with Crippen molar-refractivity contribution in [1.29, 1.82) is 0 Å². The fourth-order valence-corrected chi connectivity index (χ4v) is 5.80. The van der Waals surface area contributed by atoms with E-state index in [-0.39, 0.29) is 17.6 Å². The Balaban J connectivity index is 1.27. The van der Waals surface area contributed by atoms with E-state index in [1.165, 1.54) is 18.4 Å². The van der Waals surface area contributed by atoms with Crippen LogP contribution in [0.1, 0.15) is 56.7 Å². The lowest BCUT2D eigenvalue weighted by Gasteiger charge is -2.25. The summed E-state index contributed by atoms with van der Waals surface area (Å²) in [6.07, 6.45) is 8.06. The summed E-state index contributed by atoms with van der Waals surface area (Å²) in [7, 11) is 1.84. The van der Waals surface area contributed by atoms with Crippen molar-refractivity contribution in [2.24, 2.45) is 5.92 Å². The number of rotatable bonds is 7. The van der Waals surface area contributed by atoms with Gasteiger partial charge in [0.25, 0.3) is 0 Å². The van der Waals surface area contributed by atoms with Crippen LogP contribution < -0.4 is 10.2 Å². The second-order valence-electron chi connectivity index (χ2n) is 10.4. The highest BCUT2D eigenvalue weighted by molar-refractivity contribution is 9.10. The number of hydrogen-bond acceptors (Lipinski definition) is 5. The molecule has 2 aliphatic carbocycles. The van der Waals surface area contributed by atoms with Crippen LogP contribution >= 0.6 is 15.9 Å². The van der Waals surface area contributed by atoms with E-state index in [1.807, 2.05) is 19.4 Å². The van der Waals surface area contributed by atoms with E-state index >= 15 is 0 Å². The highest BCUT2D eigenvalue weighted by Crippen LogP contribution is 2.50. The molecule has 9 heteroatoms. The molecule has 35 heavy (non-hydrogen) atoms. The van der Waals surface area contributed by atoms with E-state index in [0.29, 0.717) is 30.1 Å². The molecule has 3 aliphatic rings. The van der Waals surface area contributed by atoms with E-state index in [4.69, 9.17) is 9.97 Å². The Labute approximate surface area is 213 Å². The predicted octanol–water partition coefficient (Wildman–Crippen LogP) is 5.30. The van der Waals surface area contributed by atoms with Crippen molar-refractivity contribution < 1.29 is 4.79 Å². The standard InChI is InChI=1S/C26H30BrN7O/c1-16(2)20-14-32(3)25(35)34(20)21-9-12-28-24(30-21)31-26(10-11-26)22-23(27)33(15-29-22)19-6-4-5-18(13-19)17-7-8-17/h4-6,9,12-13,15-17,20H,7-8,10-11,14H2,1-3H3,(H,28,30,31)/t20-/m1/s1. The van der Waals surface area contributed by atoms with Gasteiger partial charge in [-0.05, 0) is 77.2 Å². The molecule has 1 aliphatic heterocycles. The summed E-state index contributed by atoms with van der Waals surface area (Å²) < 4.78 is 3.05. The summed E-state index contributed by atoms with van der Waals surface area (Å²) >= 11 is 3.82. The van der Waals surface area contributed by atoms with Gasteiger partial charge in [-0.15, -0.1) is 0 Å². The van der Waals surface area contributed by atoms with Gasteiger partial charge >= 0.3 is 6.03 Å². The molecule has 0 unspecified atom stereocenters. The molecule has 8 nitrogen and oxygen atoms in total. The topological polar surface area (TPSA) is 79.2 Å². The maximum absolute atomic E-state index is 12.9. The summed E-state index contributed by atoms with van der Waals surface area (Å²) in [4.78, 5) is 30.5. The van der Waals surface area contributed by atoms with Gasteiger partial charge in [0.2, 0.25) is 5.95 Å². The summed E-state index contributed by atoms with van der Waals surface area (Å²) in [6.45, 7) is 4.97. The summed E-state index contributed by atoms with van der Waals surface area (Å²) in [6, 6.07) is 10.6. The van der Waals surface area contributed by atoms with Crippen LogP contribution in [0.15, 0.2) is 47.5 Å². The Morgan fingerprint density at radius 2 is 1.97 bits per heavy atom. The molecule has 1 aromatic carbocycles. The number of anilines is 2. The van der Waals surface area contributed by atoms with Crippen LogP contribution in [-0.2, 0) is 5.54 Å². The van der Waals surface area contributed by atoms with E-state index in [0.717, 1.165) is 28.8 Å². The third kappa shape index (κ3) is 3.99. The quantitative estimate of drug-likeness (QED) is 0.444. The van der Waals surface area contributed by atoms with Crippen molar-refractivity contribution in [3.05, 3.63) is 58.7 Å². The van der Waals surface area contributed by atoms with Crippen molar-refractivity contribution in [3.8, 4) is 5.69 Å². The molecule has 0 spiro atoms. The first kappa shape index (κ1) is 22.5. The first-order valence-electron chi connectivity index (χ1n) is 12.4. The van der Waals surface area contributed by atoms with Crippen LogP contribution in [-0.4, -0.2) is 50.1 Å². The number of carbonyl (C=O) groups is 1. The molecular formula is C26H30BrN7O. The monoisotopic (exact) mass is 535 g/mol. The second kappa shape index (κ2) is 8.33. The minimum Gasteiger partial charge on any atom is -0.343 e. The zero-order chi connectivity index (χ0) is 24.3. The summed E-state index contributed by atoms with van der Waals surface area (Å²) in [5, 5.41) is 3.55. The molecule has 3 fully saturated rings. The van der Waals surface area contributed by atoms with Crippen molar-refractivity contribution >= 4 is 33.7 Å². The number of hydrogen-bond donors (Lipinski definition) is 1. The van der Waals surface area contributed by atoms with E-state index in [1.54, 1.807) is 16.0 Å². The third-order valence-electron chi connectivity index (χ3n) is 7.44. The first-order valence-corrected chi connectivity index (χ1v) is 13.1. The molecule has 2 saturated carbocycles. The zero-order valence-electron chi connectivity index (χ0n) is 20.3. The summed E-state index contributed by atoms with van der Waals surface area (Å²) in [5.41, 5.74) is 3.15. The van der Waals surface area contributed by atoms with Crippen LogP contribution in [0.2, 0.25) is 0 Å². The average Bonchev–Trinajstić information content (AvgIpc) is 3.77. The van der Waals surface area contributed by atoms with Crippen LogP contribution in [0.25, 0.3) is 5.69 Å². The number of imidazole rings is 1. The molecule has 182 valence electrons. The minimum atomic E-state index is -0.319. The number of urea groups is 1. The van der Waals surface area contributed by atoms with Crippen LogP contribution in [0.3, 0.4) is 0 Å². The molecular weight excluding hydrogens is 506 g/mol. The van der Waals surface area contributed by atoms with Gasteiger partial charge in [0.05, 0.1) is 17.3 Å². The third-order valence-corrected chi connectivity index (χ3v) is 8.20. The molecule has 3 heterocycles. The van der Waals surface area contributed by atoms with Crippen LogP contribution in [0, 0.1) is 5.92 Å². The van der Waals surface area contributed by atoms with Crippen molar-refractivity contribution in [2.75, 3.05) is 23.8 Å². The molecule has 2 aromatic heterocycles. The zero-order valence-corrected chi connectivity index (χ0v) is 21.9. The predicted molar refractivity (Wildman–Crippen MR) is 139 cm³/mol. The average molecular weight is 536 g/mol. The van der Waals surface area contributed by atoms with E-state index < -0.39 is 0 Å². The normalized spacial score (nSPS) is 21.2. The Morgan fingerprint density at radius 3 is 2.69 bits per heavy atom. The van der Waals surface area contributed by atoms with Gasteiger partial charge in [0.1, 0.15) is 16.7 Å². The number of likely N-dealkylation sites (N-methyl/N-ethyl adjacent to an activating group) is 1. The molecule has 0 bridgehead atoms. The number of nitrogens with zero attached hydrogens (tertiary/aromatic N) is 6. The van der Waals surface area contributed by atoms with Crippen molar-refractivity contribution in [3.63, 3.8) is 0 Å². The fraction of sp³-hybridized carbons (Fsp3) is 0.462. The Hall–Kier alpha value is -2.94. The molecule has 1 saturated heterocycles. The van der Waals surface area contributed by atoms with Crippen LogP contribution in [0.5, 0.6) is 0 Å². The van der Waals surface area contributed by atoms with Crippen molar-refractivity contribution in [1.82, 2.24) is 24.4 Å². The lowest BCUT2D eigenvalue weighted by atomic mass is 10.0. The second-order valence-corrected chi connectivity index (χ2v) is 11.2. The van der Waals surface area contributed by atoms with E-state index in [2.05, 4.69) is 68.9 Å². The number of nitrogens with one attached hydrogen (secondary N) is 1.